The van der Waals surface area contributed by atoms with E-state index in [1.54, 1.807) is 5.32 Å². The number of H-pyrrole nitrogens is 1. The summed E-state index contributed by atoms with van der Waals surface area (Å²) < 4.78 is 36.5. The van der Waals surface area contributed by atoms with E-state index >= 15 is 0 Å². The largest absolute Gasteiger partial charge is 0.471 e. The molecule has 1 amide bonds. The lowest BCUT2D eigenvalue weighted by Gasteiger charge is -2.13. The highest BCUT2D eigenvalue weighted by Gasteiger charge is 2.38. The van der Waals surface area contributed by atoms with E-state index in [0.717, 1.165) is 0 Å². The van der Waals surface area contributed by atoms with Gasteiger partial charge >= 0.3 is 12.1 Å². The van der Waals surface area contributed by atoms with Gasteiger partial charge in [0.2, 0.25) is 5.95 Å². The molecule has 26 heavy (non-hydrogen) atoms. The molecule has 3 aromatic rings. The number of hydrogen-bond donors (Lipinski definition) is 4. The molecule has 0 bridgehead atoms. The summed E-state index contributed by atoms with van der Waals surface area (Å²) in [6.45, 7) is -0.292. The fourth-order valence-electron chi connectivity index (χ4n) is 2.33. The zero-order chi connectivity index (χ0) is 18.9. The van der Waals surface area contributed by atoms with E-state index in [-0.39, 0.29) is 18.2 Å². The first kappa shape index (κ1) is 17.6. The highest BCUT2D eigenvalue weighted by atomic mass is 19.4. The van der Waals surface area contributed by atoms with Crippen molar-refractivity contribution in [3.05, 3.63) is 47.4 Å². The number of aromatic nitrogens is 4. The number of nitrogens with one attached hydrogen (secondary N) is 2. The maximum atomic E-state index is 12.2. The molecule has 8 nitrogen and oxygen atoms in total. The Bertz CT molecular complexity index is 939. The van der Waals surface area contributed by atoms with Crippen LogP contribution in [0.1, 0.15) is 22.9 Å². The second-order valence-electron chi connectivity index (χ2n) is 5.39. The van der Waals surface area contributed by atoms with E-state index in [1.165, 1.54) is 30.6 Å². The Labute approximate surface area is 144 Å². The lowest BCUT2D eigenvalue weighted by molar-refractivity contribution is -0.173. The van der Waals surface area contributed by atoms with Crippen LogP contribution >= 0.6 is 0 Å². The van der Waals surface area contributed by atoms with Crippen LogP contribution in [0.5, 0.6) is 0 Å². The first-order valence-corrected chi connectivity index (χ1v) is 7.34. The number of anilines is 1. The van der Waals surface area contributed by atoms with Gasteiger partial charge in [-0.05, 0) is 11.1 Å². The number of aliphatic hydroxyl groups is 1. The number of imidazole rings is 1. The van der Waals surface area contributed by atoms with Gasteiger partial charge in [-0.1, -0.05) is 24.3 Å². The average molecular weight is 366 g/mol. The maximum Gasteiger partial charge on any atom is 0.471 e. The number of carbonyl (C=O) groups excluding carboxylic acids is 1. The van der Waals surface area contributed by atoms with Crippen LogP contribution in [0.2, 0.25) is 0 Å². The van der Waals surface area contributed by atoms with Crippen LogP contribution in [0.4, 0.5) is 19.1 Å². The van der Waals surface area contributed by atoms with Crippen LogP contribution in [0.3, 0.4) is 0 Å². The van der Waals surface area contributed by atoms with Crippen molar-refractivity contribution < 1.29 is 23.1 Å². The van der Waals surface area contributed by atoms with Gasteiger partial charge in [0.05, 0.1) is 6.33 Å². The SMILES string of the molecule is Nc1nc(C(O)c2ccc(CNC(=O)C(F)(F)F)cc2)c2[nH]cnc2n1. The summed E-state index contributed by atoms with van der Waals surface area (Å²) in [5, 5.41) is 12.3. The lowest BCUT2D eigenvalue weighted by Crippen LogP contribution is -2.36. The molecule has 0 aliphatic rings. The minimum atomic E-state index is -4.93. The lowest BCUT2D eigenvalue weighted by atomic mass is 10.0. The normalized spacial score (nSPS) is 12.9. The van der Waals surface area contributed by atoms with Crippen LogP contribution in [-0.2, 0) is 11.3 Å². The summed E-state index contributed by atoms with van der Waals surface area (Å²) >= 11 is 0. The van der Waals surface area contributed by atoms with E-state index in [9.17, 15) is 23.1 Å². The molecule has 5 N–H and O–H groups in total. The fourth-order valence-corrected chi connectivity index (χ4v) is 2.33. The number of aliphatic hydroxyl groups excluding tert-OH is 1. The van der Waals surface area contributed by atoms with E-state index < -0.39 is 18.2 Å². The third kappa shape index (κ3) is 3.57. The highest BCUT2D eigenvalue weighted by Crippen LogP contribution is 2.26. The van der Waals surface area contributed by atoms with Crippen molar-refractivity contribution >= 4 is 23.0 Å². The van der Waals surface area contributed by atoms with Crippen molar-refractivity contribution in [1.29, 1.82) is 0 Å². The zero-order valence-electron chi connectivity index (χ0n) is 13.1. The molecule has 0 saturated heterocycles. The van der Waals surface area contributed by atoms with E-state index in [2.05, 4.69) is 19.9 Å². The number of fused-ring (bicyclic) bond motifs is 1. The topological polar surface area (TPSA) is 130 Å². The van der Waals surface area contributed by atoms with Gasteiger partial charge in [-0.25, -0.2) is 9.97 Å². The zero-order valence-corrected chi connectivity index (χ0v) is 13.1. The summed E-state index contributed by atoms with van der Waals surface area (Å²) in [6, 6.07) is 6.01. The quantitative estimate of drug-likeness (QED) is 0.549. The second-order valence-corrected chi connectivity index (χ2v) is 5.39. The molecule has 0 spiro atoms. The van der Waals surface area contributed by atoms with Crippen LogP contribution in [0.15, 0.2) is 30.6 Å². The number of halogens is 3. The second kappa shape index (κ2) is 6.59. The standard InChI is InChI=1S/C15H13F3N6O2/c16-15(17,18)13(26)20-5-7-1-3-8(4-2-7)11(25)9-10-12(22-6-21-10)24-14(19)23-9/h1-4,6,11,25H,5H2,(H,20,26)(H3,19,21,22,23,24). The van der Waals surface area contributed by atoms with Crippen molar-refractivity contribution in [2.45, 2.75) is 18.8 Å². The number of nitrogens with zero attached hydrogens (tertiary/aromatic N) is 3. The van der Waals surface area contributed by atoms with Gasteiger partial charge < -0.3 is 21.1 Å². The summed E-state index contributed by atoms with van der Waals surface area (Å²) in [7, 11) is 0. The first-order valence-electron chi connectivity index (χ1n) is 7.34. The monoisotopic (exact) mass is 366 g/mol. The molecule has 1 unspecified atom stereocenters. The van der Waals surface area contributed by atoms with Gasteiger partial charge in [0.25, 0.3) is 0 Å². The number of hydrogen-bond acceptors (Lipinski definition) is 6. The van der Waals surface area contributed by atoms with E-state index in [4.69, 9.17) is 5.73 Å². The summed E-state index contributed by atoms with van der Waals surface area (Å²) in [5.41, 5.74) is 7.43. The number of carbonyl (C=O) groups is 1. The van der Waals surface area contributed by atoms with Gasteiger partial charge in [0.15, 0.2) is 5.65 Å². The molecule has 11 heteroatoms. The fraction of sp³-hybridized carbons (Fsp3) is 0.200. The molecule has 0 fully saturated rings. The van der Waals surface area contributed by atoms with Crippen molar-refractivity contribution in [3.8, 4) is 0 Å². The van der Waals surface area contributed by atoms with Crippen LogP contribution < -0.4 is 11.1 Å². The molecule has 0 aliphatic heterocycles. The molecule has 136 valence electrons. The molecule has 2 heterocycles. The third-order valence-corrected chi connectivity index (χ3v) is 3.60. The molecule has 1 atom stereocenters. The predicted molar refractivity (Wildman–Crippen MR) is 84.5 cm³/mol. The van der Waals surface area contributed by atoms with Gasteiger partial charge in [-0.2, -0.15) is 18.2 Å². The van der Waals surface area contributed by atoms with Crippen LogP contribution in [-0.4, -0.2) is 37.1 Å². The molecule has 1 aromatic carbocycles. The van der Waals surface area contributed by atoms with Gasteiger partial charge in [0.1, 0.15) is 17.3 Å². The molecule has 2 aromatic heterocycles. The molecule has 0 radical (unpaired) electrons. The molecule has 0 saturated carbocycles. The summed E-state index contributed by atoms with van der Waals surface area (Å²) in [4.78, 5) is 25.5. The number of rotatable bonds is 4. The minimum Gasteiger partial charge on any atom is -0.382 e. The Balaban J connectivity index is 1.77. The maximum absolute atomic E-state index is 12.2. The van der Waals surface area contributed by atoms with Gasteiger partial charge in [-0.15, -0.1) is 0 Å². The Morgan fingerprint density at radius 2 is 1.96 bits per heavy atom. The smallest absolute Gasteiger partial charge is 0.382 e. The van der Waals surface area contributed by atoms with Crippen molar-refractivity contribution in [2.75, 3.05) is 5.73 Å². The Morgan fingerprint density at radius 3 is 2.62 bits per heavy atom. The van der Waals surface area contributed by atoms with Gasteiger partial charge in [-0.3, -0.25) is 4.79 Å². The highest BCUT2D eigenvalue weighted by molar-refractivity contribution is 5.81. The van der Waals surface area contributed by atoms with Crippen molar-refractivity contribution in [1.82, 2.24) is 25.3 Å². The molecule has 3 rings (SSSR count). The number of nitrogen functional groups attached to an aromatic ring is 1. The van der Waals surface area contributed by atoms with E-state index in [1.807, 2.05) is 0 Å². The van der Waals surface area contributed by atoms with Crippen molar-refractivity contribution in [3.63, 3.8) is 0 Å². The molecular formula is C15H13F3N6O2. The van der Waals surface area contributed by atoms with Crippen LogP contribution in [0, 0.1) is 0 Å². The first-order chi connectivity index (χ1) is 12.3. The Hall–Kier alpha value is -3.21. The summed E-state index contributed by atoms with van der Waals surface area (Å²) in [5.74, 6) is -2.06. The van der Waals surface area contributed by atoms with E-state index in [0.29, 0.717) is 22.3 Å². The molecule has 0 aliphatic carbocycles. The number of alkyl halides is 3. The molecular weight excluding hydrogens is 353 g/mol. The number of benzene rings is 1. The van der Waals surface area contributed by atoms with Gasteiger partial charge in [0, 0.05) is 6.54 Å². The van der Waals surface area contributed by atoms with Crippen LogP contribution in [0.25, 0.3) is 11.2 Å². The third-order valence-electron chi connectivity index (χ3n) is 3.60. The Kier molecular flexibility index (Phi) is 4.47. The predicted octanol–water partition coefficient (Wildman–Crippen LogP) is 1.20. The summed E-state index contributed by atoms with van der Waals surface area (Å²) in [6.07, 6.45) is -4.69. The van der Waals surface area contributed by atoms with Crippen molar-refractivity contribution in [2.24, 2.45) is 0 Å². The number of nitrogens with two attached hydrogens (primary N) is 1. The Morgan fingerprint density at radius 1 is 1.27 bits per heavy atom. The number of aromatic amines is 1. The minimum absolute atomic E-state index is 0.0508. The average Bonchev–Trinajstić information content (AvgIpc) is 3.06. The number of amides is 1.